The van der Waals surface area contributed by atoms with Crippen molar-refractivity contribution < 1.29 is 9.84 Å². The van der Waals surface area contributed by atoms with Crippen molar-refractivity contribution in [3.8, 4) is 0 Å². The standard InChI is InChI=1S/C11H25O2P/c1-6-10(4,5)13-8-9(3)11(12,14)7-2/h9,12H,6-8,14H2,1-5H3. The number of ether oxygens (including phenoxy) is 1. The van der Waals surface area contributed by atoms with Crippen LogP contribution in [0.5, 0.6) is 0 Å². The van der Waals surface area contributed by atoms with E-state index in [9.17, 15) is 5.11 Å². The quantitative estimate of drug-likeness (QED) is 0.697. The molecule has 0 saturated carbocycles. The van der Waals surface area contributed by atoms with E-state index >= 15 is 0 Å². The zero-order chi connectivity index (χ0) is 11.4. The van der Waals surface area contributed by atoms with Crippen molar-refractivity contribution in [1.29, 1.82) is 0 Å². The molecule has 86 valence electrons. The van der Waals surface area contributed by atoms with Crippen LogP contribution in [0.25, 0.3) is 0 Å². The largest absolute Gasteiger partial charge is 0.386 e. The summed E-state index contributed by atoms with van der Waals surface area (Å²) in [6.07, 6.45) is 1.72. The molecule has 0 radical (unpaired) electrons. The van der Waals surface area contributed by atoms with Crippen LogP contribution in [0.1, 0.15) is 47.5 Å². The van der Waals surface area contributed by atoms with E-state index in [0.717, 1.165) is 12.8 Å². The van der Waals surface area contributed by atoms with Crippen LogP contribution in [0.3, 0.4) is 0 Å². The molecule has 0 amide bonds. The van der Waals surface area contributed by atoms with E-state index in [2.05, 4.69) is 30.0 Å². The fourth-order valence-corrected chi connectivity index (χ4v) is 1.04. The first-order valence-electron chi connectivity index (χ1n) is 5.40. The van der Waals surface area contributed by atoms with Crippen molar-refractivity contribution in [3.63, 3.8) is 0 Å². The van der Waals surface area contributed by atoms with Crippen LogP contribution in [0.15, 0.2) is 0 Å². The average molecular weight is 220 g/mol. The van der Waals surface area contributed by atoms with Crippen molar-refractivity contribution in [1.82, 2.24) is 0 Å². The Morgan fingerprint density at radius 2 is 1.79 bits per heavy atom. The van der Waals surface area contributed by atoms with Gasteiger partial charge in [0.2, 0.25) is 0 Å². The van der Waals surface area contributed by atoms with Gasteiger partial charge in [0, 0.05) is 5.92 Å². The first-order chi connectivity index (χ1) is 6.25. The minimum Gasteiger partial charge on any atom is -0.386 e. The first-order valence-corrected chi connectivity index (χ1v) is 5.98. The predicted octanol–water partition coefficient (Wildman–Crippen LogP) is 2.80. The Hall–Kier alpha value is 0.350. The topological polar surface area (TPSA) is 29.5 Å². The summed E-state index contributed by atoms with van der Waals surface area (Å²) in [6, 6.07) is 0. The second kappa shape index (κ2) is 5.44. The van der Waals surface area contributed by atoms with Crippen molar-refractivity contribution in [2.75, 3.05) is 6.61 Å². The van der Waals surface area contributed by atoms with Crippen molar-refractivity contribution in [2.45, 2.75) is 58.4 Å². The van der Waals surface area contributed by atoms with E-state index in [1.54, 1.807) is 0 Å². The summed E-state index contributed by atoms with van der Waals surface area (Å²) in [7, 11) is 2.51. The Bertz CT molecular complexity index is 167. The first kappa shape index (κ1) is 14.3. The molecule has 0 aromatic carbocycles. The molecule has 0 aromatic rings. The van der Waals surface area contributed by atoms with Crippen LogP contribution in [0, 0.1) is 5.92 Å². The van der Waals surface area contributed by atoms with Crippen LogP contribution < -0.4 is 0 Å². The van der Waals surface area contributed by atoms with Gasteiger partial charge >= 0.3 is 0 Å². The summed E-state index contributed by atoms with van der Waals surface area (Å²) in [5.74, 6) is 0.142. The highest BCUT2D eigenvalue weighted by Gasteiger charge is 2.28. The van der Waals surface area contributed by atoms with Crippen LogP contribution in [-0.4, -0.2) is 22.7 Å². The second-order valence-electron chi connectivity index (χ2n) is 4.67. The molecule has 0 aliphatic rings. The van der Waals surface area contributed by atoms with Crippen molar-refractivity contribution in [2.24, 2.45) is 5.92 Å². The van der Waals surface area contributed by atoms with E-state index in [-0.39, 0.29) is 11.5 Å². The Kier molecular flexibility index (Phi) is 5.57. The Morgan fingerprint density at radius 3 is 2.14 bits per heavy atom. The molecule has 3 atom stereocenters. The molecule has 0 aromatic heterocycles. The maximum absolute atomic E-state index is 9.94. The average Bonchev–Trinajstić information content (AvgIpc) is 2.14. The van der Waals surface area contributed by atoms with Gasteiger partial charge in [-0.2, -0.15) is 0 Å². The molecule has 0 bridgehead atoms. The van der Waals surface area contributed by atoms with Crippen molar-refractivity contribution in [3.05, 3.63) is 0 Å². The zero-order valence-corrected chi connectivity index (χ0v) is 11.3. The molecule has 2 nitrogen and oxygen atoms in total. The van der Waals surface area contributed by atoms with Gasteiger partial charge in [-0.25, -0.2) is 0 Å². The number of aliphatic hydroxyl groups is 1. The van der Waals surface area contributed by atoms with Crippen LogP contribution in [-0.2, 0) is 4.74 Å². The van der Waals surface area contributed by atoms with Gasteiger partial charge in [0.25, 0.3) is 0 Å². The highest BCUT2D eigenvalue weighted by atomic mass is 31.0. The molecular formula is C11H25O2P. The van der Waals surface area contributed by atoms with Crippen molar-refractivity contribution >= 4 is 9.24 Å². The number of rotatable bonds is 6. The van der Waals surface area contributed by atoms with Crippen LogP contribution in [0.4, 0.5) is 0 Å². The summed E-state index contributed by atoms with van der Waals surface area (Å²) in [4.78, 5) is 0. The Labute approximate surface area is 90.6 Å². The second-order valence-corrected chi connectivity index (χ2v) is 5.67. The van der Waals surface area contributed by atoms with Gasteiger partial charge < -0.3 is 9.84 Å². The minimum atomic E-state index is -0.691. The summed E-state index contributed by atoms with van der Waals surface area (Å²) in [5.41, 5.74) is -0.0806. The lowest BCUT2D eigenvalue weighted by atomic mass is 10.0. The SMILES string of the molecule is CCC(C)(C)OCC(C)C(O)(P)CC. The molecule has 3 unspecified atom stereocenters. The fourth-order valence-electron chi connectivity index (χ4n) is 0.945. The van der Waals surface area contributed by atoms with E-state index < -0.39 is 5.34 Å². The summed E-state index contributed by atoms with van der Waals surface area (Å²) in [6.45, 7) is 10.9. The van der Waals surface area contributed by atoms with Gasteiger partial charge in [-0.15, -0.1) is 9.24 Å². The van der Waals surface area contributed by atoms with Gasteiger partial charge in [-0.3, -0.25) is 0 Å². The molecule has 0 rings (SSSR count). The molecule has 0 heterocycles. The summed E-state index contributed by atoms with van der Waals surface area (Å²) >= 11 is 0. The van der Waals surface area contributed by atoms with Gasteiger partial charge in [0.05, 0.1) is 17.6 Å². The monoisotopic (exact) mass is 220 g/mol. The number of hydrogen-bond acceptors (Lipinski definition) is 2. The Balaban J connectivity index is 4.02. The third-order valence-electron chi connectivity index (χ3n) is 3.00. The third-order valence-corrected chi connectivity index (χ3v) is 3.97. The number of hydrogen-bond donors (Lipinski definition) is 1. The minimum absolute atomic E-state index is 0.0806. The molecule has 0 fully saturated rings. The van der Waals surface area contributed by atoms with Crippen LogP contribution in [0.2, 0.25) is 0 Å². The molecule has 1 N–H and O–H groups in total. The lowest BCUT2D eigenvalue weighted by Gasteiger charge is -2.32. The fraction of sp³-hybridized carbons (Fsp3) is 1.00. The molecular weight excluding hydrogens is 195 g/mol. The van der Waals surface area contributed by atoms with E-state index in [0.29, 0.717) is 6.61 Å². The Morgan fingerprint density at radius 1 is 1.29 bits per heavy atom. The van der Waals surface area contributed by atoms with E-state index in [4.69, 9.17) is 4.74 Å². The van der Waals surface area contributed by atoms with Crippen LogP contribution >= 0.6 is 9.24 Å². The van der Waals surface area contributed by atoms with Gasteiger partial charge in [-0.1, -0.05) is 20.8 Å². The normalized spacial score (nSPS) is 19.1. The highest BCUT2D eigenvalue weighted by Crippen LogP contribution is 2.29. The van der Waals surface area contributed by atoms with Gasteiger partial charge in [0.1, 0.15) is 0 Å². The maximum atomic E-state index is 9.94. The summed E-state index contributed by atoms with van der Waals surface area (Å²) in [5, 5.41) is 9.25. The smallest absolute Gasteiger partial charge is 0.0823 e. The van der Waals surface area contributed by atoms with Gasteiger partial charge in [0.15, 0.2) is 0 Å². The molecule has 0 saturated heterocycles. The molecule has 3 heteroatoms. The zero-order valence-electron chi connectivity index (χ0n) is 10.1. The molecule has 0 aliphatic carbocycles. The predicted molar refractivity (Wildman–Crippen MR) is 64.4 cm³/mol. The third kappa shape index (κ3) is 4.72. The lowest BCUT2D eigenvalue weighted by Crippen LogP contribution is -2.35. The molecule has 0 spiro atoms. The maximum Gasteiger partial charge on any atom is 0.0823 e. The lowest BCUT2D eigenvalue weighted by molar-refractivity contribution is -0.0639. The van der Waals surface area contributed by atoms with Gasteiger partial charge in [-0.05, 0) is 26.7 Å². The molecule has 14 heavy (non-hydrogen) atoms. The summed E-state index contributed by atoms with van der Waals surface area (Å²) < 4.78 is 5.76. The van der Waals surface area contributed by atoms with E-state index in [1.165, 1.54) is 0 Å². The highest BCUT2D eigenvalue weighted by molar-refractivity contribution is 7.18. The molecule has 0 aliphatic heterocycles. The van der Waals surface area contributed by atoms with E-state index in [1.807, 2.05) is 13.8 Å².